The van der Waals surface area contributed by atoms with Gasteiger partial charge in [-0.2, -0.15) is 0 Å². The molecule has 0 saturated heterocycles. The molecule has 0 aliphatic heterocycles. The number of nitrogens with zero attached hydrogens (tertiary/aromatic N) is 2. The molecule has 9 heteroatoms. The molecule has 0 radical (unpaired) electrons. The SMILES string of the molecule is Cc1c(NC(=O)c2ccc(Cl)c([N+](=O)[O-])c2)cccc1[N+](=O)[O-]. The van der Waals surface area contributed by atoms with Crippen LogP contribution in [0.15, 0.2) is 36.4 Å². The molecule has 118 valence electrons. The molecular formula is C14H10ClN3O5. The van der Waals surface area contributed by atoms with Crippen LogP contribution in [0.2, 0.25) is 5.02 Å². The molecule has 0 unspecified atom stereocenters. The standard InChI is InChI=1S/C14H10ClN3O5/c1-8-11(3-2-4-12(8)17(20)21)16-14(19)9-5-6-10(15)13(7-9)18(22)23/h2-7H,1H3,(H,16,19). The van der Waals surface area contributed by atoms with Gasteiger partial charge in [-0.25, -0.2) is 0 Å². The van der Waals surface area contributed by atoms with Crippen LogP contribution in [0.5, 0.6) is 0 Å². The van der Waals surface area contributed by atoms with Gasteiger partial charge in [0.05, 0.1) is 21.1 Å². The number of carbonyl (C=O) groups is 1. The van der Waals surface area contributed by atoms with Crippen molar-refractivity contribution in [2.45, 2.75) is 6.92 Å². The van der Waals surface area contributed by atoms with E-state index in [1.165, 1.54) is 37.3 Å². The van der Waals surface area contributed by atoms with Crippen LogP contribution in [0.25, 0.3) is 0 Å². The van der Waals surface area contributed by atoms with Gasteiger partial charge >= 0.3 is 0 Å². The summed E-state index contributed by atoms with van der Waals surface area (Å²) < 4.78 is 0. The molecule has 8 nitrogen and oxygen atoms in total. The number of amides is 1. The monoisotopic (exact) mass is 335 g/mol. The number of hydrogen-bond donors (Lipinski definition) is 1. The Morgan fingerprint density at radius 3 is 2.35 bits per heavy atom. The fraction of sp³-hybridized carbons (Fsp3) is 0.0714. The number of halogens is 1. The maximum Gasteiger partial charge on any atom is 0.288 e. The number of nitro benzene ring substituents is 2. The van der Waals surface area contributed by atoms with Crippen molar-refractivity contribution in [3.63, 3.8) is 0 Å². The third-order valence-corrected chi connectivity index (χ3v) is 3.47. The van der Waals surface area contributed by atoms with E-state index in [0.29, 0.717) is 0 Å². The van der Waals surface area contributed by atoms with E-state index in [4.69, 9.17) is 11.6 Å². The third kappa shape index (κ3) is 3.43. The lowest BCUT2D eigenvalue weighted by molar-refractivity contribution is -0.385. The molecule has 0 spiro atoms. The van der Waals surface area contributed by atoms with Crippen molar-refractivity contribution in [1.29, 1.82) is 0 Å². The molecule has 2 aromatic carbocycles. The van der Waals surface area contributed by atoms with E-state index in [2.05, 4.69) is 5.32 Å². The van der Waals surface area contributed by atoms with Crippen LogP contribution >= 0.6 is 11.6 Å². The summed E-state index contributed by atoms with van der Waals surface area (Å²) in [4.78, 5) is 32.7. The van der Waals surface area contributed by atoms with Crippen molar-refractivity contribution in [2.75, 3.05) is 5.32 Å². The van der Waals surface area contributed by atoms with Gasteiger partial charge in [0, 0.05) is 17.7 Å². The van der Waals surface area contributed by atoms with Crippen LogP contribution in [0.4, 0.5) is 17.1 Å². The second kappa shape index (κ2) is 6.41. The first-order chi connectivity index (χ1) is 10.8. The summed E-state index contributed by atoms with van der Waals surface area (Å²) in [6.07, 6.45) is 0. The molecule has 0 aromatic heterocycles. The zero-order valence-corrected chi connectivity index (χ0v) is 12.5. The topological polar surface area (TPSA) is 115 Å². The Bertz CT molecular complexity index is 822. The minimum Gasteiger partial charge on any atom is -0.321 e. The summed E-state index contributed by atoms with van der Waals surface area (Å²) in [5, 5.41) is 24.1. The Morgan fingerprint density at radius 1 is 1.09 bits per heavy atom. The smallest absolute Gasteiger partial charge is 0.288 e. The molecule has 0 saturated carbocycles. The highest BCUT2D eigenvalue weighted by atomic mass is 35.5. The molecule has 0 heterocycles. The van der Waals surface area contributed by atoms with Gasteiger partial charge in [-0.1, -0.05) is 17.7 Å². The second-order valence-electron chi connectivity index (χ2n) is 4.58. The molecule has 1 N–H and O–H groups in total. The van der Waals surface area contributed by atoms with E-state index in [1.807, 2.05) is 0 Å². The van der Waals surface area contributed by atoms with Gasteiger partial charge in [0.2, 0.25) is 0 Å². The summed E-state index contributed by atoms with van der Waals surface area (Å²) >= 11 is 5.69. The van der Waals surface area contributed by atoms with Crippen molar-refractivity contribution >= 4 is 34.6 Å². The molecule has 2 rings (SSSR count). The number of hydrogen-bond acceptors (Lipinski definition) is 5. The van der Waals surface area contributed by atoms with E-state index < -0.39 is 21.4 Å². The van der Waals surface area contributed by atoms with Gasteiger partial charge in [0.15, 0.2) is 0 Å². The van der Waals surface area contributed by atoms with Crippen molar-refractivity contribution < 1.29 is 14.6 Å². The van der Waals surface area contributed by atoms with Crippen molar-refractivity contribution in [3.8, 4) is 0 Å². The number of nitro groups is 2. The Morgan fingerprint density at radius 2 is 1.74 bits per heavy atom. The summed E-state index contributed by atoms with van der Waals surface area (Å²) in [5.74, 6) is -0.631. The van der Waals surface area contributed by atoms with Crippen LogP contribution in [-0.2, 0) is 0 Å². The molecule has 1 amide bonds. The number of rotatable bonds is 4. The zero-order chi connectivity index (χ0) is 17.1. The molecule has 2 aromatic rings. The molecule has 23 heavy (non-hydrogen) atoms. The van der Waals surface area contributed by atoms with Crippen molar-refractivity contribution in [2.24, 2.45) is 0 Å². The van der Waals surface area contributed by atoms with Gasteiger partial charge in [-0.15, -0.1) is 0 Å². The maximum atomic E-state index is 12.2. The van der Waals surface area contributed by atoms with Crippen LogP contribution in [0.1, 0.15) is 15.9 Å². The number of nitrogens with one attached hydrogen (secondary N) is 1. The first-order valence-electron chi connectivity index (χ1n) is 6.30. The number of carbonyl (C=O) groups excluding carboxylic acids is 1. The lowest BCUT2D eigenvalue weighted by atomic mass is 10.1. The first-order valence-corrected chi connectivity index (χ1v) is 6.68. The maximum absolute atomic E-state index is 12.2. The zero-order valence-electron chi connectivity index (χ0n) is 11.8. The van der Waals surface area contributed by atoms with Crippen LogP contribution in [0.3, 0.4) is 0 Å². The fourth-order valence-electron chi connectivity index (χ4n) is 1.94. The van der Waals surface area contributed by atoms with E-state index in [1.54, 1.807) is 0 Å². The molecule has 0 aliphatic carbocycles. The van der Waals surface area contributed by atoms with E-state index in [-0.39, 0.29) is 27.5 Å². The Labute approximate surface area is 135 Å². The van der Waals surface area contributed by atoms with Gasteiger partial charge in [-0.3, -0.25) is 25.0 Å². The highest BCUT2D eigenvalue weighted by molar-refractivity contribution is 6.32. The Hall–Kier alpha value is -3.00. The quantitative estimate of drug-likeness (QED) is 0.675. The third-order valence-electron chi connectivity index (χ3n) is 3.16. The minimum absolute atomic E-state index is 0.0204. The lowest BCUT2D eigenvalue weighted by Gasteiger charge is -2.08. The van der Waals surface area contributed by atoms with Crippen LogP contribution in [0, 0.1) is 27.2 Å². The Balaban J connectivity index is 2.33. The second-order valence-corrected chi connectivity index (χ2v) is 4.99. The predicted molar refractivity (Wildman–Crippen MR) is 83.9 cm³/mol. The van der Waals surface area contributed by atoms with Gasteiger partial charge in [0.25, 0.3) is 17.3 Å². The largest absolute Gasteiger partial charge is 0.321 e. The average Bonchev–Trinajstić information content (AvgIpc) is 2.49. The summed E-state index contributed by atoms with van der Waals surface area (Å²) in [7, 11) is 0. The van der Waals surface area contributed by atoms with Crippen LogP contribution in [-0.4, -0.2) is 15.8 Å². The van der Waals surface area contributed by atoms with E-state index in [0.717, 1.165) is 6.07 Å². The van der Waals surface area contributed by atoms with Gasteiger partial charge in [-0.05, 0) is 25.1 Å². The number of benzene rings is 2. The summed E-state index contributed by atoms with van der Waals surface area (Å²) in [6, 6.07) is 7.88. The molecule has 0 atom stereocenters. The first kappa shape index (κ1) is 16.4. The van der Waals surface area contributed by atoms with E-state index in [9.17, 15) is 25.0 Å². The summed E-state index contributed by atoms with van der Waals surface area (Å²) in [5.41, 5.74) is 0.0306. The molecular weight excluding hydrogens is 326 g/mol. The summed E-state index contributed by atoms with van der Waals surface area (Å²) in [6.45, 7) is 1.50. The molecule has 0 aliphatic rings. The fourth-order valence-corrected chi connectivity index (χ4v) is 2.13. The van der Waals surface area contributed by atoms with Crippen molar-refractivity contribution in [3.05, 3.63) is 72.8 Å². The normalized spacial score (nSPS) is 10.2. The number of anilines is 1. The van der Waals surface area contributed by atoms with Gasteiger partial charge in [0.1, 0.15) is 5.02 Å². The van der Waals surface area contributed by atoms with Crippen molar-refractivity contribution in [1.82, 2.24) is 0 Å². The lowest BCUT2D eigenvalue weighted by Crippen LogP contribution is -2.13. The molecule has 0 bridgehead atoms. The Kier molecular flexibility index (Phi) is 4.56. The molecule has 0 fully saturated rings. The highest BCUT2D eigenvalue weighted by Crippen LogP contribution is 2.27. The average molecular weight is 336 g/mol. The van der Waals surface area contributed by atoms with E-state index >= 15 is 0 Å². The highest BCUT2D eigenvalue weighted by Gasteiger charge is 2.18. The minimum atomic E-state index is -0.697. The van der Waals surface area contributed by atoms with Crippen LogP contribution < -0.4 is 5.32 Å². The predicted octanol–water partition coefficient (Wildman–Crippen LogP) is 3.72. The van der Waals surface area contributed by atoms with Gasteiger partial charge < -0.3 is 5.32 Å².